The Morgan fingerprint density at radius 3 is 1.41 bits per heavy atom. The lowest BCUT2D eigenvalue weighted by molar-refractivity contribution is -0.120. The van der Waals surface area contributed by atoms with Gasteiger partial charge in [-0.3, -0.25) is 9.59 Å². The maximum atomic E-state index is 12.0. The molecule has 0 radical (unpaired) electrons. The first-order chi connectivity index (χ1) is 13.6. The molecule has 9 heteroatoms. The zero-order chi connectivity index (χ0) is 22.4. The van der Waals surface area contributed by atoms with Gasteiger partial charge in [0.25, 0.3) is 0 Å². The quantitative estimate of drug-likeness (QED) is 0.303. The van der Waals surface area contributed by atoms with E-state index < -0.39 is 32.7 Å². The van der Waals surface area contributed by atoms with Crippen LogP contribution in [0.5, 0.6) is 0 Å². The molecule has 0 saturated heterocycles. The van der Waals surface area contributed by atoms with Crippen molar-refractivity contribution < 1.29 is 31.8 Å². The molecule has 0 heterocycles. The Morgan fingerprint density at radius 1 is 0.793 bits per heavy atom. The first-order valence-electron chi connectivity index (χ1n) is 10.4. The fraction of sp³-hybridized carbons (Fsp3) is 0.900. The molecular formula is C20H38O7S2. The molecule has 172 valence electrons. The second kappa shape index (κ2) is 16.2. The summed E-state index contributed by atoms with van der Waals surface area (Å²) in [5, 5.41) is -1.51. The van der Waals surface area contributed by atoms with Gasteiger partial charge in [0, 0.05) is 25.7 Å². The Bertz CT molecular complexity index is 493. The molecule has 0 bridgehead atoms. The number of carbonyl (C=O) groups excluding carboxylic acids is 2. The van der Waals surface area contributed by atoms with Crippen LogP contribution in [0.2, 0.25) is 0 Å². The molecule has 0 aliphatic heterocycles. The molecule has 0 saturated carbocycles. The largest absolute Gasteiger partial charge is 0.379 e. The predicted octanol–water partition coefficient (Wildman–Crippen LogP) is 3.75. The summed E-state index contributed by atoms with van der Waals surface area (Å²) in [6.07, 6.45) is 4.76. The van der Waals surface area contributed by atoms with E-state index in [4.69, 9.17) is 4.74 Å². The summed E-state index contributed by atoms with van der Waals surface area (Å²) in [7, 11) is 0. The van der Waals surface area contributed by atoms with Crippen LogP contribution in [0.25, 0.3) is 0 Å². The van der Waals surface area contributed by atoms with E-state index in [1.807, 2.05) is 13.8 Å². The van der Waals surface area contributed by atoms with E-state index in [1.165, 1.54) is 0 Å². The molecule has 6 unspecified atom stereocenters. The Morgan fingerprint density at radius 2 is 1.14 bits per heavy atom. The number of rotatable bonds is 18. The van der Waals surface area contributed by atoms with E-state index in [1.54, 1.807) is 13.8 Å². The van der Waals surface area contributed by atoms with Crippen LogP contribution in [0.4, 0.5) is 0 Å². The third-order valence-corrected chi connectivity index (χ3v) is 7.31. The molecule has 0 fully saturated rings. The number of unbranched alkanes of at least 4 members (excludes halogenated alkanes) is 2. The molecule has 0 aliphatic carbocycles. The van der Waals surface area contributed by atoms with Gasteiger partial charge in [0.1, 0.15) is 11.6 Å². The van der Waals surface area contributed by atoms with E-state index >= 15 is 0 Å². The lowest BCUT2D eigenvalue weighted by Gasteiger charge is -2.23. The number of ether oxygens (including phenoxy) is 1. The van der Waals surface area contributed by atoms with Gasteiger partial charge in [-0.2, -0.15) is 0 Å². The highest BCUT2D eigenvalue weighted by atomic mass is 32.2. The van der Waals surface area contributed by atoms with Crippen molar-refractivity contribution in [2.24, 2.45) is 11.8 Å². The van der Waals surface area contributed by atoms with Gasteiger partial charge in [-0.1, -0.05) is 40.5 Å². The maximum absolute atomic E-state index is 12.0. The highest BCUT2D eigenvalue weighted by Crippen LogP contribution is 2.19. The zero-order valence-electron chi connectivity index (χ0n) is 18.1. The number of Topliss-reactive ketones (excluding diaryl/α,β-unsaturated/α-hetero) is 2. The van der Waals surface area contributed by atoms with Crippen molar-refractivity contribution in [1.82, 2.24) is 0 Å². The van der Waals surface area contributed by atoms with Crippen LogP contribution in [0.15, 0.2) is 0 Å². The van der Waals surface area contributed by atoms with Gasteiger partial charge in [0.2, 0.25) is 0 Å². The molecule has 0 rings (SSSR count). The molecule has 29 heavy (non-hydrogen) atoms. The van der Waals surface area contributed by atoms with E-state index in [0.29, 0.717) is 12.8 Å². The Labute approximate surface area is 180 Å². The van der Waals surface area contributed by atoms with Crippen LogP contribution in [0, 0.1) is 11.8 Å². The fourth-order valence-corrected chi connectivity index (χ4v) is 4.49. The molecule has 0 aromatic carbocycles. The number of hydrogen-bond donors (Lipinski definition) is 2. The highest BCUT2D eigenvalue weighted by Gasteiger charge is 2.28. The summed E-state index contributed by atoms with van der Waals surface area (Å²) in [4.78, 5) is 23.9. The summed E-state index contributed by atoms with van der Waals surface area (Å²) in [5.74, 6) is -0.556. The predicted molar refractivity (Wildman–Crippen MR) is 117 cm³/mol. The zero-order valence-corrected chi connectivity index (χ0v) is 19.8. The first kappa shape index (κ1) is 28.5. The second-order valence-electron chi connectivity index (χ2n) is 7.81. The minimum atomic E-state index is -2.17. The van der Waals surface area contributed by atoms with E-state index in [2.05, 4.69) is 0 Å². The van der Waals surface area contributed by atoms with Gasteiger partial charge in [0.15, 0.2) is 22.2 Å². The maximum Gasteiger partial charge on any atom is 0.158 e. The monoisotopic (exact) mass is 454 g/mol. The molecule has 0 aromatic rings. The van der Waals surface area contributed by atoms with E-state index in [-0.39, 0.29) is 49.5 Å². The molecule has 7 nitrogen and oxygen atoms in total. The average Bonchev–Trinajstić information content (AvgIpc) is 2.63. The molecule has 2 N–H and O–H groups in total. The van der Waals surface area contributed by atoms with Crippen LogP contribution in [-0.2, 0) is 36.5 Å². The smallest absolute Gasteiger partial charge is 0.158 e. The number of hydrogen-bond acceptors (Lipinski definition) is 5. The van der Waals surface area contributed by atoms with Crippen LogP contribution in [0.1, 0.15) is 79.1 Å². The van der Waals surface area contributed by atoms with Gasteiger partial charge in [0.05, 0.1) is 23.7 Å². The summed E-state index contributed by atoms with van der Waals surface area (Å²) in [5.41, 5.74) is 0. The number of carbonyl (C=O) groups is 2. The average molecular weight is 455 g/mol. The van der Waals surface area contributed by atoms with Crippen molar-refractivity contribution in [3.63, 3.8) is 0 Å². The van der Waals surface area contributed by atoms with Crippen LogP contribution in [-0.4, -0.2) is 52.8 Å². The molecule has 0 aromatic heterocycles. The SMILES string of the molecule is CCCCC(=O)CC(C)C(COCC(C(C)CC(=O)CCCC)S(=O)O)S(=O)O. The van der Waals surface area contributed by atoms with Crippen molar-refractivity contribution in [1.29, 1.82) is 0 Å². The van der Waals surface area contributed by atoms with Crippen molar-refractivity contribution in [3.05, 3.63) is 0 Å². The Hall–Kier alpha value is -0.480. The second-order valence-corrected chi connectivity index (χ2v) is 10.1. The van der Waals surface area contributed by atoms with E-state index in [9.17, 15) is 27.1 Å². The van der Waals surface area contributed by atoms with E-state index in [0.717, 1.165) is 25.7 Å². The Kier molecular flexibility index (Phi) is 16.0. The molecular weight excluding hydrogens is 416 g/mol. The summed E-state index contributed by atoms with van der Waals surface area (Å²) < 4.78 is 48.1. The molecule has 0 aliphatic rings. The first-order valence-corrected chi connectivity index (χ1v) is 12.8. The van der Waals surface area contributed by atoms with Gasteiger partial charge >= 0.3 is 0 Å². The normalized spacial score (nSPS) is 17.9. The minimum Gasteiger partial charge on any atom is -0.379 e. The van der Waals surface area contributed by atoms with Crippen molar-refractivity contribution in [2.75, 3.05) is 13.2 Å². The number of ketones is 2. The van der Waals surface area contributed by atoms with Gasteiger partial charge in [-0.05, 0) is 24.7 Å². The molecule has 0 spiro atoms. The molecule has 6 atom stereocenters. The Balaban J connectivity index is 4.69. The van der Waals surface area contributed by atoms with Crippen LogP contribution >= 0.6 is 0 Å². The minimum absolute atomic E-state index is 0.0587. The van der Waals surface area contributed by atoms with Crippen molar-refractivity contribution >= 4 is 33.7 Å². The highest BCUT2D eigenvalue weighted by molar-refractivity contribution is 7.80. The summed E-state index contributed by atoms with van der Waals surface area (Å²) >= 11 is -4.35. The summed E-state index contributed by atoms with van der Waals surface area (Å²) in [6, 6.07) is 0. The van der Waals surface area contributed by atoms with Gasteiger partial charge in [-0.15, -0.1) is 0 Å². The molecule has 0 amide bonds. The van der Waals surface area contributed by atoms with Crippen LogP contribution < -0.4 is 0 Å². The topological polar surface area (TPSA) is 118 Å². The van der Waals surface area contributed by atoms with Crippen molar-refractivity contribution in [2.45, 2.75) is 89.6 Å². The lowest BCUT2D eigenvalue weighted by atomic mass is 9.98. The standard InChI is InChI=1S/C20H38O7S2/c1-5-7-9-17(21)11-15(3)19(28(23)24)13-27-14-20(29(25)26)16(4)12-18(22)10-8-6-2/h15-16,19-20H,5-14H2,1-4H3,(H,23,24)(H,25,26). The lowest BCUT2D eigenvalue weighted by Crippen LogP contribution is -2.35. The third-order valence-electron chi connectivity index (χ3n) is 5.07. The van der Waals surface area contributed by atoms with Crippen LogP contribution in [0.3, 0.4) is 0 Å². The summed E-state index contributed by atoms with van der Waals surface area (Å²) in [6.45, 7) is 7.29. The van der Waals surface area contributed by atoms with Gasteiger partial charge in [-0.25, -0.2) is 8.42 Å². The third kappa shape index (κ3) is 12.7. The fourth-order valence-electron chi connectivity index (χ4n) is 3.08. The van der Waals surface area contributed by atoms with Gasteiger partial charge < -0.3 is 13.8 Å². The van der Waals surface area contributed by atoms with Crippen molar-refractivity contribution in [3.8, 4) is 0 Å².